The highest BCUT2D eigenvalue weighted by atomic mass is 16.4. The van der Waals surface area contributed by atoms with Gasteiger partial charge in [0.2, 0.25) is 0 Å². The molecule has 2 bridgehead atoms. The summed E-state index contributed by atoms with van der Waals surface area (Å²) < 4.78 is 0. The molecule has 0 saturated heterocycles. The second kappa shape index (κ2) is 12.2. The smallest absolute Gasteiger partial charge is 0.407 e. The number of hydrogen-bond acceptors (Lipinski definition) is 6. The van der Waals surface area contributed by atoms with Crippen molar-refractivity contribution >= 4 is 18.0 Å². The maximum Gasteiger partial charge on any atom is 0.407 e. The number of amides is 1. The van der Waals surface area contributed by atoms with Gasteiger partial charge in [0.25, 0.3) is 0 Å². The van der Waals surface area contributed by atoms with Crippen molar-refractivity contribution in [2.75, 3.05) is 32.7 Å². The van der Waals surface area contributed by atoms with Crippen LogP contribution in [-0.4, -0.2) is 91.8 Å². The third kappa shape index (κ3) is 8.54. The normalized spacial score (nSPS) is 18.0. The van der Waals surface area contributed by atoms with Crippen LogP contribution >= 0.6 is 0 Å². The first-order chi connectivity index (χ1) is 17.4. The number of carboxylic acids is 2. The van der Waals surface area contributed by atoms with E-state index >= 15 is 0 Å². The topological polar surface area (TPSA) is 135 Å². The molecule has 0 radical (unpaired) electrons. The van der Waals surface area contributed by atoms with E-state index < -0.39 is 18.0 Å². The Labute approximate surface area is 217 Å². The Kier molecular flexibility index (Phi) is 9.23. The standard InChI is InChI=1S/C27H36N4O6/c1-27(2,3)20-9-7-19(8-10-20)13-23-16-29(17-24(32)33)11-12-30(26(36)37)14-21-5-4-6-22(28-21)15-31(23)18-25(34)35/h4-10,23H,11-18H2,1-3H3,(H,32,33)(H,34,35)(H,36,37)/t23-/m0/s1. The minimum Gasteiger partial charge on any atom is -0.480 e. The van der Waals surface area contributed by atoms with Gasteiger partial charge in [-0.25, -0.2) is 4.79 Å². The molecule has 0 spiro atoms. The summed E-state index contributed by atoms with van der Waals surface area (Å²) in [6, 6.07) is 13.2. The zero-order chi connectivity index (χ0) is 27.2. The van der Waals surface area contributed by atoms with E-state index in [0.717, 1.165) is 5.56 Å². The van der Waals surface area contributed by atoms with Gasteiger partial charge in [0.15, 0.2) is 0 Å². The highest BCUT2D eigenvalue weighted by Crippen LogP contribution is 2.23. The fourth-order valence-electron chi connectivity index (χ4n) is 4.55. The summed E-state index contributed by atoms with van der Waals surface area (Å²) in [5.74, 6) is -2.02. The van der Waals surface area contributed by atoms with Crippen LogP contribution in [0.15, 0.2) is 42.5 Å². The molecule has 3 N–H and O–H groups in total. The summed E-state index contributed by atoms with van der Waals surface area (Å²) >= 11 is 0. The van der Waals surface area contributed by atoms with Crippen LogP contribution in [-0.2, 0) is 34.5 Å². The number of pyridine rings is 1. The van der Waals surface area contributed by atoms with E-state index in [1.165, 1.54) is 10.5 Å². The Bertz CT molecular complexity index is 1100. The van der Waals surface area contributed by atoms with Gasteiger partial charge >= 0.3 is 18.0 Å². The molecule has 10 heteroatoms. The third-order valence-corrected chi connectivity index (χ3v) is 6.51. The quantitative estimate of drug-likeness (QED) is 0.534. The van der Waals surface area contributed by atoms with E-state index in [4.69, 9.17) is 0 Å². The first-order valence-electron chi connectivity index (χ1n) is 12.3. The first-order valence-corrected chi connectivity index (χ1v) is 12.3. The Balaban J connectivity index is 2.00. The highest BCUT2D eigenvalue weighted by molar-refractivity contribution is 5.69. The van der Waals surface area contributed by atoms with Crippen molar-refractivity contribution < 1.29 is 29.7 Å². The highest BCUT2D eigenvalue weighted by Gasteiger charge is 2.27. The summed E-state index contributed by atoms with van der Waals surface area (Å²) in [6.45, 7) is 6.73. The minimum absolute atomic E-state index is 0.00791. The van der Waals surface area contributed by atoms with Crippen molar-refractivity contribution in [3.63, 3.8) is 0 Å². The number of fused-ring (bicyclic) bond motifs is 2. The zero-order valence-corrected chi connectivity index (χ0v) is 21.6. The van der Waals surface area contributed by atoms with Gasteiger partial charge in [-0.3, -0.25) is 24.4 Å². The lowest BCUT2D eigenvalue weighted by Gasteiger charge is -2.35. The van der Waals surface area contributed by atoms with Gasteiger partial charge in [-0.05, 0) is 35.1 Å². The average Bonchev–Trinajstić information content (AvgIpc) is 2.79. The summed E-state index contributed by atoms with van der Waals surface area (Å²) in [6.07, 6.45) is -0.613. The molecule has 0 unspecified atom stereocenters. The molecule has 2 aromatic rings. The van der Waals surface area contributed by atoms with E-state index in [-0.39, 0.29) is 57.3 Å². The van der Waals surface area contributed by atoms with Crippen LogP contribution in [0.3, 0.4) is 0 Å². The van der Waals surface area contributed by atoms with Crippen molar-refractivity contribution in [1.82, 2.24) is 19.7 Å². The Morgan fingerprint density at radius 1 is 0.892 bits per heavy atom. The summed E-state index contributed by atoms with van der Waals surface area (Å²) in [5.41, 5.74) is 3.35. The molecule has 37 heavy (non-hydrogen) atoms. The van der Waals surface area contributed by atoms with Gasteiger partial charge in [-0.15, -0.1) is 0 Å². The number of benzene rings is 1. The second-order valence-electron chi connectivity index (χ2n) is 10.6. The van der Waals surface area contributed by atoms with Gasteiger partial charge in [0.05, 0.1) is 31.0 Å². The molecule has 200 valence electrons. The van der Waals surface area contributed by atoms with Gasteiger partial charge in [0.1, 0.15) is 0 Å². The number of carboxylic acid groups (broad SMARTS) is 3. The molecule has 0 aliphatic carbocycles. The van der Waals surface area contributed by atoms with Crippen LogP contribution in [0, 0.1) is 0 Å². The number of aromatic nitrogens is 1. The first kappa shape index (κ1) is 28.1. The largest absolute Gasteiger partial charge is 0.480 e. The maximum absolute atomic E-state index is 11.9. The molecular weight excluding hydrogens is 476 g/mol. The van der Waals surface area contributed by atoms with E-state index in [0.29, 0.717) is 17.8 Å². The molecule has 0 saturated carbocycles. The molecule has 1 aromatic heterocycles. The van der Waals surface area contributed by atoms with Gasteiger partial charge in [0, 0.05) is 32.2 Å². The van der Waals surface area contributed by atoms with E-state index in [1.807, 2.05) is 17.0 Å². The fourth-order valence-corrected chi connectivity index (χ4v) is 4.55. The predicted octanol–water partition coefficient (Wildman–Crippen LogP) is 2.76. The van der Waals surface area contributed by atoms with Crippen LogP contribution in [0.1, 0.15) is 43.3 Å². The number of hydrogen-bond donors (Lipinski definition) is 3. The number of carbonyl (C=O) groups is 3. The van der Waals surface area contributed by atoms with Crippen molar-refractivity contribution in [2.45, 2.75) is 51.7 Å². The van der Waals surface area contributed by atoms with Crippen molar-refractivity contribution in [3.8, 4) is 0 Å². The Morgan fingerprint density at radius 2 is 1.51 bits per heavy atom. The SMILES string of the molecule is CC(C)(C)c1ccc(C[C@H]2CN(CC(=O)O)CCN(C(=O)O)Cc3cccc(n3)CN2CC(=O)O)cc1. The van der Waals surface area contributed by atoms with E-state index in [1.54, 1.807) is 23.1 Å². The molecule has 1 amide bonds. The molecule has 1 aromatic carbocycles. The molecule has 3 rings (SSSR count). The van der Waals surface area contributed by atoms with Crippen LogP contribution in [0.2, 0.25) is 0 Å². The Hall–Kier alpha value is -3.50. The third-order valence-electron chi connectivity index (χ3n) is 6.51. The summed E-state index contributed by atoms with van der Waals surface area (Å²) in [4.78, 5) is 44.7. The lowest BCUT2D eigenvalue weighted by Crippen LogP contribution is -2.50. The summed E-state index contributed by atoms with van der Waals surface area (Å²) in [7, 11) is 0. The van der Waals surface area contributed by atoms with Crippen LogP contribution in [0.5, 0.6) is 0 Å². The second-order valence-corrected chi connectivity index (χ2v) is 10.6. The lowest BCUT2D eigenvalue weighted by molar-refractivity contribution is -0.141. The van der Waals surface area contributed by atoms with Crippen LogP contribution in [0.25, 0.3) is 0 Å². The molecular formula is C27H36N4O6. The summed E-state index contributed by atoms with van der Waals surface area (Å²) in [5, 5.41) is 28.9. The fraction of sp³-hybridized carbons (Fsp3) is 0.481. The van der Waals surface area contributed by atoms with Crippen molar-refractivity contribution in [2.24, 2.45) is 0 Å². The van der Waals surface area contributed by atoms with Crippen molar-refractivity contribution in [3.05, 3.63) is 65.0 Å². The van der Waals surface area contributed by atoms with Gasteiger partial charge < -0.3 is 20.2 Å². The van der Waals surface area contributed by atoms with Gasteiger partial charge in [-0.2, -0.15) is 0 Å². The predicted molar refractivity (Wildman–Crippen MR) is 137 cm³/mol. The monoisotopic (exact) mass is 512 g/mol. The van der Waals surface area contributed by atoms with Gasteiger partial charge in [-0.1, -0.05) is 51.1 Å². The zero-order valence-electron chi connectivity index (χ0n) is 21.6. The van der Waals surface area contributed by atoms with E-state index in [9.17, 15) is 29.7 Å². The molecule has 1 atom stereocenters. The molecule has 1 aliphatic heterocycles. The number of rotatable bonds is 6. The Morgan fingerprint density at radius 3 is 2.08 bits per heavy atom. The number of nitrogens with zero attached hydrogens (tertiary/aromatic N) is 4. The molecule has 0 fully saturated rings. The van der Waals surface area contributed by atoms with Crippen LogP contribution < -0.4 is 0 Å². The molecule has 10 nitrogen and oxygen atoms in total. The average molecular weight is 513 g/mol. The van der Waals surface area contributed by atoms with Crippen molar-refractivity contribution in [1.29, 1.82) is 0 Å². The molecule has 1 aliphatic rings. The minimum atomic E-state index is -1.11. The van der Waals surface area contributed by atoms with Crippen LogP contribution in [0.4, 0.5) is 4.79 Å². The van der Waals surface area contributed by atoms with E-state index in [2.05, 4.69) is 37.9 Å². The number of aliphatic carboxylic acids is 2. The maximum atomic E-state index is 11.9. The molecule has 2 heterocycles. The lowest BCUT2D eigenvalue weighted by atomic mass is 9.86.